The summed E-state index contributed by atoms with van der Waals surface area (Å²) in [7, 11) is 1.22. The Morgan fingerprint density at radius 1 is 1.28 bits per heavy atom. The van der Waals surface area contributed by atoms with Crippen molar-refractivity contribution in [2.45, 2.75) is 13.0 Å². The van der Waals surface area contributed by atoms with Gasteiger partial charge in [0.15, 0.2) is 12.7 Å². The molecule has 0 spiro atoms. The van der Waals surface area contributed by atoms with E-state index in [1.165, 1.54) is 14.0 Å². The zero-order chi connectivity index (χ0) is 13.5. The lowest BCUT2D eigenvalue weighted by atomic mass is 10.3. The third kappa shape index (κ3) is 4.32. The van der Waals surface area contributed by atoms with E-state index >= 15 is 0 Å². The van der Waals surface area contributed by atoms with E-state index in [2.05, 4.69) is 4.74 Å². The molecule has 0 amide bonds. The zero-order valence-corrected chi connectivity index (χ0v) is 10.2. The van der Waals surface area contributed by atoms with Gasteiger partial charge in [-0.15, -0.1) is 0 Å². The summed E-state index contributed by atoms with van der Waals surface area (Å²) in [5, 5.41) is 0. The van der Waals surface area contributed by atoms with Gasteiger partial charge in [0.1, 0.15) is 5.75 Å². The molecule has 0 aromatic heterocycles. The van der Waals surface area contributed by atoms with E-state index in [-0.39, 0.29) is 6.61 Å². The maximum absolute atomic E-state index is 11.3. The standard InChI is InChI=1S/C12H15NO5/c1-8(12(15)16-2)18-11(14)7-17-10-5-3-9(13)4-6-10/h3-6,8H,7,13H2,1-2H3. The van der Waals surface area contributed by atoms with Gasteiger partial charge >= 0.3 is 11.9 Å². The Bertz CT molecular complexity index is 415. The minimum absolute atomic E-state index is 0.286. The van der Waals surface area contributed by atoms with Gasteiger partial charge in [0, 0.05) is 5.69 Å². The van der Waals surface area contributed by atoms with E-state index < -0.39 is 18.0 Å². The maximum Gasteiger partial charge on any atom is 0.346 e. The molecule has 0 heterocycles. The van der Waals surface area contributed by atoms with E-state index in [1.807, 2.05) is 0 Å². The first-order valence-electron chi connectivity index (χ1n) is 5.28. The van der Waals surface area contributed by atoms with Crippen LogP contribution in [-0.4, -0.2) is 31.8 Å². The molecule has 98 valence electrons. The van der Waals surface area contributed by atoms with Crippen LogP contribution in [0.1, 0.15) is 6.92 Å². The number of nitrogen functional groups attached to an aromatic ring is 1. The molecule has 1 aromatic rings. The van der Waals surface area contributed by atoms with Crippen LogP contribution >= 0.6 is 0 Å². The lowest BCUT2D eigenvalue weighted by molar-refractivity contribution is -0.165. The lowest BCUT2D eigenvalue weighted by Crippen LogP contribution is -2.27. The highest BCUT2D eigenvalue weighted by Crippen LogP contribution is 2.12. The molecule has 0 saturated heterocycles. The van der Waals surface area contributed by atoms with Crippen molar-refractivity contribution >= 4 is 17.6 Å². The monoisotopic (exact) mass is 253 g/mol. The van der Waals surface area contributed by atoms with Crippen LogP contribution in [0.3, 0.4) is 0 Å². The molecule has 0 radical (unpaired) electrons. The largest absolute Gasteiger partial charge is 0.482 e. The third-order valence-corrected chi connectivity index (χ3v) is 2.08. The summed E-state index contributed by atoms with van der Waals surface area (Å²) in [6.07, 6.45) is -0.947. The first kappa shape index (κ1) is 13.8. The van der Waals surface area contributed by atoms with Gasteiger partial charge in [-0.2, -0.15) is 0 Å². The molecule has 6 nitrogen and oxygen atoms in total. The number of nitrogens with two attached hydrogens (primary N) is 1. The van der Waals surface area contributed by atoms with Gasteiger partial charge in [-0.3, -0.25) is 0 Å². The number of carbonyl (C=O) groups excluding carboxylic acids is 2. The molecule has 0 aliphatic heterocycles. The minimum atomic E-state index is -0.947. The number of ether oxygens (including phenoxy) is 3. The summed E-state index contributed by atoms with van der Waals surface area (Å²) < 4.78 is 14.4. The molecule has 0 aliphatic rings. The van der Waals surface area contributed by atoms with Crippen molar-refractivity contribution in [1.29, 1.82) is 0 Å². The van der Waals surface area contributed by atoms with Crippen LogP contribution in [0.4, 0.5) is 5.69 Å². The van der Waals surface area contributed by atoms with Crippen LogP contribution in [0, 0.1) is 0 Å². The third-order valence-electron chi connectivity index (χ3n) is 2.08. The Balaban J connectivity index is 2.37. The number of anilines is 1. The van der Waals surface area contributed by atoms with Crippen LogP contribution in [-0.2, 0) is 19.1 Å². The second-order valence-corrected chi connectivity index (χ2v) is 3.51. The van der Waals surface area contributed by atoms with Gasteiger partial charge in [0.25, 0.3) is 0 Å². The first-order chi connectivity index (χ1) is 8.52. The van der Waals surface area contributed by atoms with Crippen molar-refractivity contribution in [3.05, 3.63) is 24.3 Å². The van der Waals surface area contributed by atoms with E-state index in [9.17, 15) is 9.59 Å². The molecule has 1 atom stereocenters. The second-order valence-electron chi connectivity index (χ2n) is 3.51. The Labute approximate surface area is 105 Å². The number of esters is 2. The molecular formula is C12H15NO5. The fourth-order valence-electron chi connectivity index (χ4n) is 1.15. The average Bonchev–Trinajstić information content (AvgIpc) is 2.37. The maximum atomic E-state index is 11.3. The quantitative estimate of drug-likeness (QED) is 0.615. The number of benzene rings is 1. The molecule has 6 heteroatoms. The summed E-state index contributed by atoms with van der Waals surface area (Å²) >= 11 is 0. The Morgan fingerprint density at radius 2 is 1.89 bits per heavy atom. The van der Waals surface area contributed by atoms with Gasteiger partial charge in [-0.05, 0) is 31.2 Å². The predicted octanol–water partition coefficient (Wildman–Crippen LogP) is 0.752. The highest BCUT2D eigenvalue weighted by Gasteiger charge is 2.18. The number of carbonyl (C=O) groups is 2. The highest BCUT2D eigenvalue weighted by molar-refractivity contribution is 5.79. The van der Waals surface area contributed by atoms with Gasteiger partial charge in [0.05, 0.1) is 7.11 Å². The number of hydrogen-bond acceptors (Lipinski definition) is 6. The smallest absolute Gasteiger partial charge is 0.346 e. The second kappa shape index (κ2) is 6.48. The average molecular weight is 253 g/mol. The fraction of sp³-hybridized carbons (Fsp3) is 0.333. The van der Waals surface area contributed by atoms with Crippen LogP contribution < -0.4 is 10.5 Å². The molecule has 1 unspecified atom stereocenters. The molecule has 1 aromatic carbocycles. The molecule has 2 N–H and O–H groups in total. The summed E-state index contributed by atoms with van der Waals surface area (Å²) in [6.45, 7) is 1.14. The Morgan fingerprint density at radius 3 is 2.44 bits per heavy atom. The van der Waals surface area contributed by atoms with Crippen molar-refractivity contribution in [3.63, 3.8) is 0 Å². The van der Waals surface area contributed by atoms with Crippen molar-refractivity contribution in [2.24, 2.45) is 0 Å². The fourth-order valence-corrected chi connectivity index (χ4v) is 1.15. The first-order valence-corrected chi connectivity index (χ1v) is 5.28. The van der Waals surface area contributed by atoms with E-state index in [0.717, 1.165) is 0 Å². The molecule has 0 saturated carbocycles. The van der Waals surface area contributed by atoms with Crippen molar-refractivity contribution in [2.75, 3.05) is 19.5 Å². The summed E-state index contributed by atoms with van der Waals surface area (Å²) in [5.74, 6) is -0.771. The van der Waals surface area contributed by atoms with Crippen LogP contribution in [0.25, 0.3) is 0 Å². The molecule has 0 aliphatic carbocycles. The lowest BCUT2D eigenvalue weighted by Gasteiger charge is -2.11. The normalized spacial score (nSPS) is 11.4. The SMILES string of the molecule is COC(=O)C(C)OC(=O)COc1ccc(N)cc1. The van der Waals surface area contributed by atoms with Gasteiger partial charge in [-0.1, -0.05) is 0 Å². The minimum Gasteiger partial charge on any atom is -0.482 e. The van der Waals surface area contributed by atoms with Gasteiger partial charge in [0.2, 0.25) is 0 Å². The van der Waals surface area contributed by atoms with E-state index in [1.54, 1.807) is 24.3 Å². The molecule has 1 rings (SSSR count). The Kier molecular flexibility index (Phi) is 4.98. The van der Waals surface area contributed by atoms with Gasteiger partial charge < -0.3 is 19.9 Å². The van der Waals surface area contributed by atoms with Gasteiger partial charge in [-0.25, -0.2) is 9.59 Å². The van der Waals surface area contributed by atoms with Crippen molar-refractivity contribution in [3.8, 4) is 5.75 Å². The highest BCUT2D eigenvalue weighted by atomic mass is 16.6. The molecule has 0 bridgehead atoms. The predicted molar refractivity (Wildman–Crippen MR) is 63.9 cm³/mol. The topological polar surface area (TPSA) is 87.8 Å². The summed E-state index contributed by atoms with van der Waals surface area (Å²) in [5.41, 5.74) is 6.10. The molecular weight excluding hydrogens is 238 g/mol. The Hall–Kier alpha value is -2.24. The number of hydrogen-bond donors (Lipinski definition) is 1. The molecule has 18 heavy (non-hydrogen) atoms. The van der Waals surface area contributed by atoms with Crippen LogP contribution in [0.5, 0.6) is 5.75 Å². The van der Waals surface area contributed by atoms with E-state index in [4.69, 9.17) is 15.2 Å². The van der Waals surface area contributed by atoms with Crippen LogP contribution in [0.2, 0.25) is 0 Å². The summed E-state index contributed by atoms with van der Waals surface area (Å²) in [6, 6.07) is 6.56. The summed E-state index contributed by atoms with van der Waals surface area (Å²) in [4.78, 5) is 22.3. The van der Waals surface area contributed by atoms with Crippen molar-refractivity contribution < 1.29 is 23.8 Å². The zero-order valence-electron chi connectivity index (χ0n) is 10.2. The molecule has 0 fully saturated rings. The number of methoxy groups -OCH3 is 1. The number of rotatable bonds is 5. The van der Waals surface area contributed by atoms with E-state index in [0.29, 0.717) is 11.4 Å². The van der Waals surface area contributed by atoms with Crippen LogP contribution in [0.15, 0.2) is 24.3 Å². The van der Waals surface area contributed by atoms with Crippen molar-refractivity contribution in [1.82, 2.24) is 0 Å².